The van der Waals surface area contributed by atoms with Gasteiger partial charge in [0.15, 0.2) is 11.6 Å². The fourth-order valence-corrected chi connectivity index (χ4v) is 4.74. The lowest BCUT2D eigenvalue weighted by Crippen LogP contribution is -2.50. The molecule has 2 aromatic carbocycles. The van der Waals surface area contributed by atoms with Gasteiger partial charge in [0, 0.05) is 49.8 Å². The summed E-state index contributed by atoms with van der Waals surface area (Å²) < 4.78 is 39.8. The molecule has 206 valence electrons. The summed E-state index contributed by atoms with van der Waals surface area (Å²) in [4.78, 5) is 30.4. The first kappa shape index (κ1) is 25.8. The van der Waals surface area contributed by atoms with Crippen molar-refractivity contribution in [2.24, 2.45) is 0 Å². The quantitative estimate of drug-likeness (QED) is 0.348. The van der Waals surface area contributed by atoms with E-state index in [0.29, 0.717) is 68.0 Å². The number of nitrogens with zero attached hydrogens (tertiary/aromatic N) is 7. The molecule has 0 saturated carbocycles. The Balaban J connectivity index is 1.14. The maximum atomic E-state index is 13.6. The van der Waals surface area contributed by atoms with Crippen molar-refractivity contribution in [1.82, 2.24) is 29.6 Å². The normalized spacial score (nSPS) is 17.3. The summed E-state index contributed by atoms with van der Waals surface area (Å²) in [5.41, 5.74) is 1.23. The van der Waals surface area contributed by atoms with Crippen LogP contribution in [0, 0.1) is 11.6 Å². The monoisotopic (exact) mass is 547 g/mol. The van der Waals surface area contributed by atoms with E-state index in [0.717, 1.165) is 12.2 Å². The number of halogens is 2. The number of ether oxygens (including phenoxy) is 2. The number of carbonyl (C=O) groups is 1. The summed E-state index contributed by atoms with van der Waals surface area (Å²) in [7, 11) is 0. The van der Waals surface area contributed by atoms with Crippen LogP contribution in [0.25, 0.3) is 22.8 Å². The van der Waals surface area contributed by atoms with Gasteiger partial charge in [0.2, 0.25) is 11.8 Å². The first-order valence-electron chi connectivity index (χ1n) is 13.1. The zero-order valence-corrected chi connectivity index (χ0v) is 21.6. The van der Waals surface area contributed by atoms with Crippen molar-refractivity contribution in [1.29, 1.82) is 0 Å². The molecule has 6 rings (SSSR count). The number of aromatic nitrogens is 5. The van der Waals surface area contributed by atoms with E-state index < -0.39 is 0 Å². The smallest absolute Gasteiger partial charge is 0.244 e. The first-order chi connectivity index (χ1) is 19.5. The van der Waals surface area contributed by atoms with Crippen molar-refractivity contribution < 1.29 is 23.0 Å². The molecule has 0 aliphatic carbocycles. The number of piperazine rings is 1. The second kappa shape index (κ2) is 11.3. The summed E-state index contributed by atoms with van der Waals surface area (Å²) in [6.07, 6.45) is 2.32. The van der Waals surface area contributed by atoms with Gasteiger partial charge in [0.1, 0.15) is 36.4 Å². The van der Waals surface area contributed by atoms with Crippen LogP contribution in [-0.2, 0) is 16.1 Å². The van der Waals surface area contributed by atoms with Crippen molar-refractivity contribution in [2.75, 3.05) is 44.3 Å². The standard InChI is InChI=1S/C28H27F2N7O3/c29-21-5-1-19(2-6-21)27-33-28(20-3-7-22(30)8-4-20)37(34-27)16-26(38)36-12-10-35(11-13-36)24-15-25(32-18-31-24)40-23-9-14-39-17-23/h1-8,15,18,23H,9-14,16-17H2/t23-/m0/s1. The van der Waals surface area contributed by atoms with Gasteiger partial charge in [-0.05, 0) is 48.5 Å². The predicted octanol–water partition coefficient (Wildman–Crippen LogP) is 3.20. The highest BCUT2D eigenvalue weighted by atomic mass is 19.1. The van der Waals surface area contributed by atoms with Crippen LogP contribution in [0.1, 0.15) is 6.42 Å². The third-order valence-corrected chi connectivity index (χ3v) is 6.92. The zero-order valence-electron chi connectivity index (χ0n) is 21.6. The van der Waals surface area contributed by atoms with Gasteiger partial charge in [-0.1, -0.05) is 0 Å². The third kappa shape index (κ3) is 5.76. The van der Waals surface area contributed by atoms with Gasteiger partial charge in [-0.15, -0.1) is 5.10 Å². The van der Waals surface area contributed by atoms with Crippen LogP contribution in [0.5, 0.6) is 5.88 Å². The Hall–Kier alpha value is -4.45. The van der Waals surface area contributed by atoms with Gasteiger partial charge in [-0.25, -0.2) is 28.4 Å². The van der Waals surface area contributed by atoms with Crippen molar-refractivity contribution in [3.63, 3.8) is 0 Å². The molecule has 2 saturated heterocycles. The topological polar surface area (TPSA) is 98.5 Å². The van der Waals surface area contributed by atoms with Gasteiger partial charge >= 0.3 is 0 Å². The molecule has 0 N–H and O–H groups in total. The van der Waals surface area contributed by atoms with E-state index in [1.807, 2.05) is 6.07 Å². The van der Waals surface area contributed by atoms with Crippen LogP contribution in [0.15, 0.2) is 60.9 Å². The molecule has 2 aromatic heterocycles. The van der Waals surface area contributed by atoms with Crippen LogP contribution in [0.2, 0.25) is 0 Å². The number of carbonyl (C=O) groups excluding carboxylic acids is 1. The Morgan fingerprint density at radius 3 is 2.33 bits per heavy atom. The summed E-state index contributed by atoms with van der Waals surface area (Å²) in [6, 6.07) is 13.5. The highest BCUT2D eigenvalue weighted by Gasteiger charge is 2.25. The average molecular weight is 548 g/mol. The summed E-state index contributed by atoms with van der Waals surface area (Å²) in [5.74, 6) is 1.16. The minimum absolute atomic E-state index is 0.00243. The van der Waals surface area contributed by atoms with Crippen molar-refractivity contribution in [3.05, 3.63) is 72.6 Å². The Morgan fingerprint density at radius 2 is 1.65 bits per heavy atom. The lowest BCUT2D eigenvalue weighted by atomic mass is 10.2. The molecule has 1 atom stereocenters. The molecule has 4 aromatic rings. The molecule has 0 bridgehead atoms. The van der Waals surface area contributed by atoms with Gasteiger partial charge in [-0.2, -0.15) is 0 Å². The van der Waals surface area contributed by atoms with E-state index in [-0.39, 0.29) is 30.2 Å². The van der Waals surface area contributed by atoms with E-state index in [9.17, 15) is 13.6 Å². The molecular weight excluding hydrogens is 520 g/mol. The molecule has 40 heavy (non-hydrogen) atoms. The van der Waals surface area contributed by atoms with E-state index in [1.165, 1.54) is 35.3 Å². The molecule has 12 heteroatoms. The number of benzene rings is 2. The van der Waals surface area contributed by atoms with Gasteiger partial charge in [-0.3, -0.25) is 4.79 Å². The van der Waals surface area contributed by atoms with Gasteiger partial charge in [0.25, 0.3) is 0 Å². The van der Waals surface area contributed by atoms with Crippen molar-refractivity contribution >= 4 is 11.7 Å². The van der Waals surface area contributed by atoms with E-state index >= 15 is 0 Å². The Morgan fingerprint density at radius 1 is 0.950 bits per heavy atom. The molecule has 4 heterocycles. The number of hydrogen-bond donors (Lipinski definition) is 0. The first-order valence-corrected chi connectivity index (χ1v) is 13.1. The van der Waals surface area contributed by atoms with Crippen molar-refractivity contribution in [3.8, 4) is 28.7 Å². The minimum Gasteiger partial charge on any atom is -0.472 e. The predicted molar refractivity (Wildman–Crippen MR) is 141 cm³/mol. The summed E-state index contributed by atoms with van der Waals surface area (Å²) in [6.45, 7) is 3.39. The SMILES string of the molecule is O=C(Cn1nc(-c2ccc(F)cc2)nc1-c1ccc(F)cc1)N1CCN(c2cc(O[C@H]3CCOC3)ncn2)CC1. The number of amides is 1. The van der Waals surface area contributed by atoms with Crippen LogP contribution in [-0.4, -0.2) is 81.0 Å². The van der Waals surface area contributed by atoms with Gasteiger partial charge < -0.3 is 19.3 Å². The molecule has 2 aliphatic heterocycles. The molecule has 1 amide bonds. The fourth-order valence-electron chi connectivity index (χ4n) is 4.74. The Kier molecular flexibility index (Phi) is 7.32. The molecular formula is C28H27F2N7O3. The largest absolute Gasteiger partial charge is 0.472 e. The number of anilines is 1. The highest BCUT2D eigenvalue weighted by molar-refractivity contribution is 5.77. The van der Waals surface area contributed by atoms with Gasteiger partial charge in [0.05, 0.1) is 13.2 Å². The highest BCUT2D eigenvalue weighted by Crippen LogP contribution is 2.24. The second-order valence-electron chi connectivity index (χ2n) is 9.62. The molecule has 10 nitrogen and oxygen atoms in total. The zero-order chi connectivity index (χ0) is 27.5. The minimum atomic E-state index is -0.377. The second-order valence-corrected chi connectivity index (χ2v) is 9.62. The van der Waals surface area contributed by atoms with Crippen LogP contribution >= 0.6 is 0 Å². The lowest BCUT2D eigenvalue weighted by Gasteiger charge is -2.35. The van der Waals surface area contributed by atoms with Crippen LogP contribution in [0.3, 0.4) is 0 Å². The molecule has 2 fully saturated rings. The van der Waals surface area contributed by atoms with E-state index in [2.05, 4.69) is 25.0 Å². The lowest BCUT2D eigenvalue weighted by molar-refractivity contribution is -0.132. The Bertz CT molecular complexity index is 1470. The molecule has 0 spiro atoms. The molecule has 0 radical (unpaired) electrons. The van der Waals surface area contributed by atoms with E-state index in [4.69, 9.17) is 9.47 Å². The summed E-state index contributed by atoms with van der Waals surface area (Å²) in [5, 5.41) is 4.55. The molecule has 2 aliphatic rings. The van der Waals surface area contributed by atoms with Crippen molar-refractivity contribution in [2.45, 2.75) is 19.1 Å². The number of hydrogen-bond acceptors (Lipinski definition) is 8. The van der Waals surface area contributed by atoms with E-state index in [1.54, 1.807) is 29.2 Å². The third-order valence-electron chi connectivity index (χ3n) is 6.92. The number of rotatable bonds is 7. The molecule has 0 unspecified atom stereocenters. The maximum Gasteiger partial charge on any atom is 0.244 e. The average Bonchev–Trinajstić information content (AvgIpc) is 3.64. The Labute approximate surface area is 229 Å². The van der Waals surface area contributed by atoms with Crippen LogP contribution < -0.4 is 9.64 Å². The fraction of sp³-hybridized carbons (Fsp3) is 0.321. The summed E-state index contributed by atoms with van der Waals surface area (Å²) >= 11 is 0. The van der Waals surface area contributed by atoms with Crippen LogP contribution in [0.4, 0.5) is 14.6 Å². The maximum absolute atomic E-state index is 13.6.